The van der Waals surface area contributed by atoms with Crippen LogP contribution < -0.4 is 4.72 Å². The number of benzene rings is 2. The Labute approximate surface area is 139 Å². The quantitative estimate of drug-likeness (QED) is 0.603. The maximum Gasteiger partial charge on any atom is 0.312 e. The van der Waals surface area contributed by atoms with Crippen LogP contribution in [0.5, 0.6) is 5.75 Å². The maximum absolute atomic E-state index is 12.2. The summed E-state index contributed by atoms with van der Waals surface area (Å²) in [6.07, 6.45) is 0. The van der Waals surface area contributed by atoms with E-state index in [-0.39, 0.29) is 10.7 Å². The lowest BCUT2D eigenvalue weighted by atomic mass is 10.3. The summed E-state index contributed by atoms with van der Waals surface area (Å²) in [6.45, 7) is 0. The number of sulfonamides is 1. The lowest BCUT2D eigenvalue weighted by Crippen LogP contribution is -2.13. The molecule has 0 radical (unpaired) electrons. The lowest BCUT2D eigenvalue weighted by Gasteiger charge is -2.08. The van der Waals surface area contributed by atoms with Gasteiger partial charge in [0.2, 0.25) is 0 Å². The van der Waals surface area contributed by atoms with Gasteiger partial charge in [0.1, 0.15) is 5.02 Å². The minimum Gasteiger partial charge on any atom is -0.502 e. The molecule has 24 heavy (non-hydrogen) atoms. The van der Waals surface area contributed by atoms with Gasteiger partial charge in [-0.05, 0) is 24.3 Å². The van der Waals surface area contributed by atoms with Crippen LogP contribution in [0.2, 0.25) is 5.02 Å². The molecule has 0 atom stereocenters. The number of nitrogens with one attached hydrogen (secondary N) is 1. The SMILES string of the molecule is O=[N+]([O-])c1cc(S(=O)(=O)Nc2ccc(Cl)c([N+](=O)[O-])c2)ccc1O. The van der Waals surface area contributed by atoms with Crippen LogP contribution >= 0.6 is 11.6 Å². The van der Waals surface area contributed by atoms with E-state index >= 15 is 0 Å². The fourth-order valence-electron chi connectivity index (χ4n) is 1.75. The first-order valence-electron chi connectivity index (χ1n) is 6.06. The normalized spacial score (nSPS) is 11.0. The Balaban J connectivity index is 2.42. The molecule has 0 saturated carbocycles. The third-order valence-electron chi connectivity index (χ3n) is 2.85. The fraction of sp³-hybridized carbons (Fsp3) is 0. The van der Waals surface area contributed by atoms with Crippen molar-refractivity contribution < 1.29 is 23.4 Å². The first-order chi connectivity index (χ1) is 11.1. The van der Waals surface area contributed by atoms with E-state index in [1.54, 1.807) is 0 Å². The summed E-state index contributed by atoms with van der Waals surface area (Å²) in [5.74, 6) is -0.693. The largest absolute Gasteiger partial charge is 0.502 e. The molecule has 2 aromatic rings. The summed E-state index contributed by atoms with van der Waals surface area (Å²) < 4.78 is 26.5. The number of phenols is 1. The van der Waals surface area contributed by atoms with Gasteiger partial charge in [-0.2, -0.15) is 0 Å². The zero-order valence-electron chi connectivity index (χ0n) is 11.5. The van der Waals surface area contributed by atoms with Crippen molar-refractivity contribution in [3.8, 4) is 5.75 Å². The highest BCUT2D eigenvalue weighted by molar-refractivity contribution is 7.92. The predicted molar refractivity (Wildman–Crippen MR) is 83.7 cm³/mol. The van der Waals surface area contributed by atoms with E-state index in [0.717, 1.165) is 24.3 Å². The van der Waals surface area contributed by atoms with Gasteiger partial charge in [-0.25, -0.2) is 8.42 Å². The van der Waals surface area contributed by atoms with Gasteiger partial charge in [-0.3, -0.25) is 25.0 Å². The third kappa shape index (κ3) is 3.52. The molecule has 0 aliphatic rings. The molecule has 10 nitrogen and oxygen atoms in total. The van der Waals surface area contributed by atoms with Crippen molar-refractivity contribution in [1.29, 1.82) is 0 Å². The molecule has 0 spiro atoms. The van der Waals surface area contributed by atoms with E-state index in [0.29, 0.717) is 6.07 Å². The molecule has 12 heteroatoms. The van der Waals surface area contributed by atoms with Gasteiger partial charge >= 0.3 is 5.69 Å². The number of nitro benzene ring substituents is 2. The monoisotopic (exact) mass is 373 g/mol. The molecule has 2 N–H and O–H groups in total. The summed E-state index contributed by atoms with van der Waals surface area (Å²) >= 11 is 5.63. The third-order valence-corrected chi connectivity index (χ3v) is 4.55. The topological polar surface area (TPSA) is 153 Å². The Hall–Kier alpha value is -2.92. The number of halogens is 1. The molecule has 0 aromatic heterocycles. The Morgan fingerprint density at radius 3 is 2.21 bits per heavy atom. The summed E-state index contributed by atoms with van der Waals surface area (Å²) in [5, 5.41) is 30.7. The number of nitrogens with zero attached hydrogens (tertiary/aromatic N) is 2. The average molecular weight is 374 g/mol. The first-order valence-corrected chi connectivity index (χ1v) is 7.92. The van der Waals surface area contributed by atoms with Gasteiger partial charge in [0.25, 0.3) is 15.7 Å². The molecule has 0 amide bonds. The fourth-order valence-corrected chi connectivity index (χ4v) is 3.00. The zero-order chi connectivity index (χ0) is 18.1. The van der Waals surface area contributed by atoms with E-state index in [2.05, 4.69) is 0 Å². The van der Waals surface area contributed by atoms with Crippen LogP contribution in [0, 0.1) is 20.2 Å². The second-order valence-corrected chi connectivity index (χ2v) is 6.53. The first kappa shape index (κ1) is 17.4. The summed E-state index contributed by atoms with van der Waals surface area (Å²) in [4.78, 5) is 19.3. The number of phenolic OH excluding ortho intramolecular Hbond substituents is 1. The van der Waals surface area contributed by atoms with Gasteiger partial charge in [0, 0.05) is 12.1 Å². The van der Waals surface area contributed by atoms with Crippen molar-refractivity contribution in [2.24, 2.45) is 0 Å². The minimum atomic E-state index is -4.27. The molecule has 126 valence electrons. The summed E-state index contributed by atoms with van der Waals surface area (Å²) in [7, 11) is -4.27. The van der Waals surface area contributed by atoms with Gasteiger partial charge in [0.05, 0.1) is 20.4 Å². The molecule has 0 fully saturated rings. The van der Waals surface area contributed by atoms with Crippen LogP contribution in [0.25, 0.3) is 0 Å². The van der Waals surface area contributed by atoms with Gasteiger partial charge < -0.3 is 5.11 Å². The molecule has 0 aliphatic carbocycles. The highest BCUT2D eigenvalue weighted by atomic mass is 35.5. The average Bonchev–Trinajstić information content (AvgIpc) is 2.48. The van der Waals surface area contributed by atoms with Crippen molar-refractivity contribution in [2.75, 3.05) is 4.72 Å². The number of rotatable bonds is 5. The van der Waals surface area contributed by atoms with Crippen molar-refractivity contribution in [3.05, 3.63) is 61.6 Å². The molecular weight excluding hydrogens is 366 g/mol. The molecule has 0 saturated heterocycles. The summed E-state index contributed by atoms with van der Waals surface area (Å²) in [6, 6.07) is 5.72. The van der Waals surface area contributed by atoms with Crippen molar-refractivity contribution in [1.82, 2.24) is 0 Å². The number of aromatic hydroxyl groups is 1. The number of anilines is 1. The van der Waals surface area contributed by atoms with Gasteiger partial charge in [-0.1, -0.05) is 11.6 Å². The maximum atomic E-state index is 12.2. The van der Waals surface area contributed by atoms with Crippen molar-refractivity contribution >= 4 is 38.7 Å². The van der Waals surface area contributed by atoms with Crippen molar-refractivity contribution in [3.63, 3.8) is 0 Å². The van der Waals surface area contributed by atoms with E-state index in [1.165, 1.54) is 6.07 Å². The van der Waals surface area contributed by atoms with Crippen LogP contribution in [0.1, 0.15) is 0 Å². The van der Waals surface area contributed by atoms with Gasteiger partial charge in [0.15, 0.2) is 5.75 Å². The Morgan fingerprint density at radius 1 is 1.00 bits per heavy atom. The number of hydrogen-bond acceptors (Lipinski definition) is 7. The van der Waals surface area contributed by atoms with Gasteiger partial charge in [-0.15, -0.1) is 0 Å². The van der Waals surface area contributed by atoms with Crippen LogP contribution in [0.4, 0.5) is 17.1 Å². The Kier molecular flexibility index (Phi) is 4.57. The Bertz CT molecular complexity index is 946. The van der Waals surface area contributed by atoms with E-state index < -0.39 is 41.9 Å². The van der Waals surface area contributed by atoms with Crippen LogP contribution in [0.3, 0.4) is 0 Å². The zero-order valence-corrected chi connectivity index (χ0v) is 13.1. The lowest BCUT2D eigenvalue weighted by molar-refractivity contribution is -0.386. The molecule has 0 unspecified atom stereocenters. The predicted octanol–water partition coefficient (Wildman–Crippen LogP) is 2.66. The second-order valence-electron chi connectivity index (χ2n) is 4.44. The minimum absolute atomic E-state index is 0.151. The molecule has 0 bridgehead atoms. The highest BCUT2D eigenvalue weighted by Crippen LogP contribution is 2.31. The molecule has 0 heterocycles. The summed E-state index contributed by atoms with van der Waals surface area (Å²) in [5.41, 5.74) is -1.45. The Morgan fingerprint density at radius 2 is 1.62 bits per heavy atom. The molecule has 2 aromatic carbocycles. The van der Waals surface area contributed by atoms with Crippen LogP contribution in [0.15, 0.2) is 41.3 Å². The molecule has 0 aliphatic heterocycles. The standard InChI is InChI=1S/C12H8ClN3O7S/c13-9-3-1-7(5-10(9)15(18)19)14-24(22,23)8-2-4-12(17)11(6-8)16(20)21/h1-6,14,17H. The van der Waals surface area contributed by atoms with E-state index in [1.807, 2.05) is 4.72 Å². The molecular formula is C12H8ClN3O7S. The smallest absolute Gasteiger partial charge is 0.312 e. The second kappa shape index (κ2) is 6.29. The molecule has 2 rings (SSSR count). The number of hydrogen-bond donors (Lipinski definition) is 2. The van der Waals surface area contributed by atoms with E-state index in [9.17, 15) is 33.8 Å². The van der Waals surface area contributed by atoms with Crippen LogP contribution in [-0.4, -0.2) is 23.4 Å². The number of nitro groups is 2. The highest BCUT2D eigenvalue weighted by Gasteiger charge is 2.22. The van der Waals surface area contributed by atoms with Crippen LogP contribution in [-0.2, 0) is 10.0 Å². The van der Waals surface area contributed by atoms with E-state index in [4.69, 9.17) is 11.6 Å². The van der Waals surface area contributed by atoms with Crippen molar-refractivity contribution in [2.45, 2.75) is 4.90 Å².